The summed E-state index contributed by atoms with van der Waals surface area (Å²) in [4.78, 5) is 9.12. The van der Waals surface area contributed by atoms with Crippen LogP contribution in [0.25, 0.3) is 11.3 Å². The maximum absolute atomic E-state index is 4.70. The highest BCUT2D eigenvalue weighted by molar-refractivity contribution is 14.0. The van der Waals surface area contributed by atoms with E-state index in [2.05, 4.69) is 63.8 Å². The Labute approximate surface area is 178 Å². The molecule has 142 valence electrons. The number of aromatic nitrogens is 2. The monoisotopic (exact) mass is 475 g/mol. The van der Waals surface area contributed by atoms with E-state index < -0.39 is 0 Å². The fourth-order valence-corrected chi connectivity index (χ4v) is 2.70. The van der Waals surface area contributed by atoms with Crippen molar-refractivity contribution in [2.45, 2.75) is 20.0 Å². The molecule has 0 aliphatic heterocycles. The molecule has 0 spiro atoms. The van der Waals surface area contributed by atoms with Gasteiger partial charge in [-0.2, -0.15) is 0 Å². The van der Waals surface area contributed by atoms with Crippen LogP contribution in [-0.4, -0.2) is 28.6 Å². The van der Waals surface area contributed by atoms with E-state index in [0.29, 0.717) is 6.54 Å². The van der Waals surface area contributed by atoms with Gasteiger partial charge in [0, 0.05) is 43.8 Å². The highest BCUT2D eigenvalue weighted by Gasteiger charge is 2.01. The molecule has 0 saturated heterocycles. The number of hydrogen-bond acceptors (Lipinski definition) is 2. The third-order valence-electron chi connectivity index (χ3n) is 3.98. The van der Waals surface area contributed by atoms with Crippen molar-refractivity contribution in [3.8, 4) is 11.3 Å². The van der Waals surface area contributed by atoms with Gasteiger partial charge in [0.25, 0.3) is 0 Å². The molecule has 0 bridgehead atoms. The van der Waals surface area contributed by atoms with Crippen molar-refractivity contribution in [2.24, 2.45) is 4.99 Å². The predicted octanol–water partition coefficient (Wildman–Crippen LogP) is 3.92. The Bertz CT molecular complexity index is 816. The van der Waals surface area contributed by atoms with Crippen LogP contribution in [0.5, 0.6) is 0 Å². The quantitative estimate of drug-likeness (QED) is 0.310. The Morgan fingerprint density at radius 3 is 2.63 bits per heavy atom. The van der Waals surface area contributed by atoms with Crippen LogP contribution in [0.15, 0.2) is 78.2 Å². The molecule has 3 aromatic rings. The van der Waals surface area contributed by atoms with Crippen molar-refractivity contribution in [2.75, 3.05) is 13.1 Å². The fourth-order valence-electron chi connectivity index (χ4n) is 2.70. The third-order valence-corrected chi connectivity index (χ3v) is 3.98. The maximum Gasteiger partial charge on any atom is 0.191 e. The lowest BCUT2D eigenvalue weighted by Crippen LogP contribution is -2.38. The summed E-state index contributed by atoms with van der Waals surface area (Å²) in [6, 6.07) is 18.4. The second kappa shape index (κ2) is 11.4. The zero-order valence-electron chi connectivity index (χ0n) is 15.5. The van der Waals surface area contributed by atoms with Crippen molar-refractivity contribution in [3.63, 3.8) is 0 Å². The summed E-state index contributed by atoms with van der Waals surface area (Å²) in [5.41, 5.74) is 3.26. The van der Waals surface area contributed by atoms with Crippen LogP contribution in [0.2, 0.25) is 0 Å². The molecule has 0 atom stereocenters. The first-order valence-corrected chi connectivity index (χ1v) is 8.98. The predicted molar refractivity (Wildman–Crippen MR) is 122 cm³/mol. The SMILES string of the molecule is CCNC(=NCc1cccc(-c2ccccn2)c1)NCCn1cccc1.I. The molecule has 1 aromatic carbocycles. The second-order valence-electron chi connectivity index (χ2n) is 5.96. The van der Waals surface area contributed by atoms with Crippen LogP contribution >= 0.6 is 24.0 Å². The van der Waals surface area contributed by atoms with Crippen LogP contribution in [0.1, 0.15) is 12.5 Å². The van der Waals surface area contributed by atoms with Gasteiger partial charge in [0.2, 0.25) is 0 Å². The molecular weight excluding hydrogens is 449 g/mol. The number of guanidine groups is 1. The van der Waals surface area contributed by atoms with E-state index in [1.165, 1.54) is 0 Å². The molecule has 0 fully saturated rings. The van der Waals surface area contributed by atoms with Crippen LogP contribution in [0, 0.1) is 0 Å². The lowest BCUT2D eigenvalue weighted by atomic mass is 10.1. The minimum Gasteiger partial charge on any atom is -0.357 e. The number of pyridine rings is 1. The van der Waals surface area contributed by atoms with Gasteiger partial charge >= 0.3 is 0 Å². The summed E-state index contributed by atoms with van der Waals surface area (Å²) in [5.74, 6) is 0.836. The average Bonchev–Trinajstić information content (AvgIpc) is 3.20. The summed E-state index contributed by atoms with van der Waals surface area (Å²) < 4.78 is 2.15. The summed E-state index contributed by atoms with van der Waals surface area (Å²) >= 11 is 0. The molecule has 2 N–H and O–H groups in total. The van der Waals surface area contributed by atoms with Gasteiger partial charge < -0.3 is 15.2 Å². The van der Waals surface area contributed by atoms with Crippen LogP contribution in [0.3, 0.4) is 0 Å². The molecule has 27 heavy (non-hydrogen) atoms. The zero-order valence-corrected chi connectivity index (χ0v) is 17.8. The minimum atomic E-state index is 0. The van der Waals surface area contributed by atoms with Crippen LogP contribution in [-0.2, 0) is 13.1 Å². The first-order chi connectivity index (χ1) is 12.8. The topological polar surface area (TPSA) is 54.2 Å². The minimum absolute atomic E-state index is 0. The summed E-state index contributed by atoms with van der Waals surface area (Å²) in [5, 5.41) is 6.68. The Hall–Kier alpha value is -2.35. The standard InChI is InChI=1S/C21H25N5.HI/c1-2-22-21(24-12-15-26-13-5-6-14-26)25-17-18-8-7-9-19(16-18)20-10-3-4-11-23-20;/h3-11,13-14,16H,2,12,15,17H2,1H3,(H2,22,24,25);1H. The number of hydrogen-bond donors (Lipinski definition) is 2. The zero-order chi connectivity index (χ0) is 18.0. The highest BCUT2D eigenvalue weighted by Crippen LogP contribution is 2.18. The van der Waals surface area contributed by atoms with E-state index in [4.69, 9.17) is 4.99 Å². The van der Waals surface area contributed by atoms with Gasteiger partial charge in [0.15, 0.2) is 5.96 Å². The number of nitrogens with one attached hydrogen (secondary N) is 2. The Balaban J connectivity index is 0.00000261. The summed E-state index contributed by atoms with van der Waals surface area (Å²) in [7, 11) is 0. The van der Waals surface area contributed by atoms with Crippen molar-refractivity contribution < 1.29 is 0 Å². The molecule has 6 heteroatoms. The van der Waals surface area contributed by atoms with Crippen LogP contribution in [0.4, 0.5) is 0 Å². The van der Waals surface area contributed by atoms with Gasteiger partial charge in [-0.15, -0.1) is 24.0 Å². The molecular formula is C21H26IN5. The molecule has 0 unspecified atom stereocenters. The summed E-state index contributed by atoms with van der Waals surface area (Å²) in [6.07, 6.45) is 5.95. The first kappa shape index (κ1) is 21.0. The lowest BCUT2D eigenvalue weighted by Gasteiger charge is -2.12. The van der Waals surface area contributed by atoms with E-state index in [9.17, 15) is 0 Å². The molecule has 0 saturated carbocycles. The molecule has 0 aliphatic carbocycles. The maximum atomic E-state index is 4.70. The molecule has 2 heterocycles. The number of benzene rings is 1. The summed E-state index contributed by atoms with van der Waals surface area (Å²) in [6.45, 7) is 5.27. The molecule has 3 rings (SSSR count). The smallest absolute Gasteiger partial charge is 0.191 e. The normalized spacial score (nSPS) is 10.9. The Kier molecular flexibility index (Phi) is 8.83. The Morgan fingerprint density at radius 2 is 1.89 bits per heavy atom. The number of aliphatic imine (C=N–C) groups is 1. The van der Waals surface area contributed by atoms with E-state index >= 15 is 0 Å². The third kappa shape index (κ3) is 6.71. The molecule has 2 aromatic heterocycles. The largest absolute Gasteiger partial charge is 0.357 e. The first-order valence-electron chi connectivity index (χ1n) is 8.98. The van der Waals surface area contributed by atoms with Crippen LogP contribution < -0.4 is 10.6 Å². The van der Waals surface area contributed by atoms with E-state index in [1.54, 1.807) is 0 Å². The highest BCUT2D eigenvalue weighted by atomic mass is 127. The van der Waals surface area contributed by atoms with Crippen molar-refractivity contribution in [1.82, 2.24) is 20.2 Å². The molecule has 0 aliphatic rings. The van der Waals surface area contributed by atoms with Gasteiger partial charge in [0.05, 0.1) is 12.2 Å². The molecule has 0 radical (unpaired) electrons. The van der Waals surface area contributed by atoms with Crippen molar-refractivity contribution >= 4 is 29.9 Å². The van der Waals surface area contributed by atoms with Crippen molar-refractivity contribution in [3.05, 3.63) is 78.8 Å². The average molecular weight is 475 g/mol. The van der Waals surface area contributed by atoms with Gasteiger partial charge in [0.1, 0.15) is 0 Å². The molecule has 0 amide bonds. The van der Waals surface area contributed by atoms with E-state index in [-0.39, 0.29) is 24.0 Å². The number of rotatable bonds is 7. The second-order valence-corrected chi connectivity index (χ2v) is 5.96. The number of nitrogens with zero attached hydrogens (tertiary/aromatic N) is 3. The van der Waals surface area contributed by atoms with E-state index in [0.717, 1.165) is 42.4 Å². The Morgan fingerprint density at radius 1 is 1.04 bits per heavy atom. The van der Waals surface area contributed by atoms with Gasteiger partial charge in [-0.3, -0.25) is 4.98 Å². The van der Waals surface area contributed by atoms with Crippen molar-refractivity contribution in [1.29, 1.82) is 0 Å². The van der Waals surface area contributed by atoms with Gasteiger partial charge in [-0.05, 0) is 42.8 Å². The fraction of sp³-hybridized carbons (Fsp3) is 0.238. The van der Waals surface area contributed by atoms with E-state index in [1.807, 2.05) is 36.5 Å². The van der Waals surface area contributed by atoms with Gasteiger partial charge in [-0.1, -0.05) is 24.3 Å². The lowest BCUT2D eigenvalue weighted by molar-refractivity contribution is 0.666. The van der Waals surface area contributed by atoms with Gasteiger partial charge in [-0.25, -0.2) is 4.99 Å². The molecule has 5 nitrogen and oxygen atoms in total. The number of halogens is 1.